The Bertz CT molecular complexity index is 366. The first-order chi connectivity index (χ1) is 7.99. The number of carboxylic acid groups (broad SMARTS) is 1. The maximum atomic E-state index is 10.9. The lowest BCUT2D eigenvalue weighted by molar-refractivity contribution is -0.132. The highest BCUT2D eigenvalue weighted by molar-refractivity contribution is 5.89. The van der Waals surface area contributed by atoms with Crippen LogP contribution in [-0.4, -0.2) is 21.8 Å². The fourth-order valence-corrected chi connectivity index (χ4v) is 1.96. The first kappa shape index (κ1) is 13.7. The van der Waals surface area contributed by atoms with E-state index in [1.165, 1.54) is 6.08 Å². The molecular formula is C14H20O3. The number of carboxylic acids is 1. The van der Waals surface area contributed by atoms with E-state index in [1.54, 1.807) is 12.2 Å². The zero-order valence-corrected chi connectivity index (χ0v) is 10.3. The fourth-order valence-electron chi connectivity index (χ4n) is 1.96. The molecule has 0 radical (unpaired) electrons. The van der Waals surface area contributed by atoms with Crippen molar-refractivity contribution < 1.29 is 15.0 Å². The molecule has 2 N–H and O–H groups in total. The van der Waals surface area contributed by atoms with Crippen LogP contribution in [0.25, 0.3) is 0 Å². The summed E-state index contributed by atoms with van der Waals surface area (Å²) in [6.45, 7) is 5.76. The Morgan fingerprint density at radius 1 is 1.47 bits per heavy atom. The first-order valence-corrected chi connectivity index (χ1v) is 6.03. The van der Waals surface area contributed by atoms with E-state index in [1.807, 2.05) is 6.92 Å². The monoisotopic (exact) mass is 236 g/mol. The summed E-state index contributed by atoms with van der Waals surface area (Å²) in [6, 6.07) is 0. The molecule has 1 atom stereocenters. The van der Waals surface area contributed by atoms with Crippen LogP contribution >= 0.6 is 0 Å². The maximum Gasteiger partial charge on any atom is 0.335 e. The summed E-state index contributed by atoms with van der Waals surface area (Å²) in [7, 11) is 0. The molecule has 3 heteroatoms. The van der Waals surface area contributed by atoms with Gasteiger partial charge in [-0.05, 0) is 43.8 Å². The van der Waals surface area contributed by atoms with Gasteiger partial charge in [0, 0.05) is 0 Å². The van der Waals surface area contributed by atoms with Crippen LogP contribution in [0.3, 0.4) is 0 Å². The van der Waals surface area contributed by atoms with Crippen molar-refractivity contribution in [2.75, 3.05) is 0 Å². The lowest BCUT2D eigenvalue weighted by atomic mass is 9.85. The van der Waals surface area contributed by atoms with E-state index < -0.39 is 11.6 Å². The molecule has 0 unspecified atom stereocenters. The molecule has 0 fully saturated rings. The molecule has 0 aromatic carbocycles. The lowest BCUT2D eigenvalue weighted by Gasteiger charge is -2.28. The van der Waals surface area contributed by atoms with Gasteiger partial charge in [0.1, 0.15) is 0 Å². The van der Waals surface area contributed by atoms with Gasteiger partial charge in [-0.15, -0.1) is 0 Å². The molecule has 0 saturated heterocycles. The van der Waals surface area contributed by atoms with Crippen LogP contribution in [0.1, 0.15) is 39.0 Å². The highest BCUT2D eigenvalue weighted by atomic mass is 16.4. The van der Waals surface area contributed by atoms with Crippen LogP contribution in [0.2, 0.25) is 0 Å². The van der Waals surface area contributed by atoms with Gasteiger partial charge in [-0.25, -0.2) is 4.79 Å². The number of hydrogen-bond donors (Lipinski definition) is 2. The second kappa shape index (κ2) is 5.82. The number of allylic oxidation sites excluding steroid dienone is 1. The van der Waals surface area contributed by atoms with E-state index >= 15 is 0 Å². The molecule has 1 aliphatic rings. The van der Waals surface area contributed by atoms with Crippen LogP contribution in [-0.2, 0) is 4.79 Å². The van der Waals surface area contributed by atoms with Crippen LogP contribution in [0.15, 0.2) is 36.0 Å². The van der Waals surface area contributed by atoms with E-state index in [4.69, 9.17) is 5.11 Å². The standard InChI is InChI=1S/C14H20O3/c1-3-14(17)10-6-4-5-7-12(13(15)16)9-8-11(14)2/h7-9,17H,2-6,10H2,1H3,(H,15,16)/b9-8-,12-7+/t14-/m1/s1. The second-order valence-corrected chi connectivity index (χ2v) is 4.45. The number of aliphatic carboxylic acids is 1. The summed E-state index contributed by atoms with van der Waals surface area (Å²) in [6.07, 6.45) is 8.65. The Morgan fingerprint density at radius 3 is 2.76 bits per heavy atom. The van der Waals surface area contributed by atoms with Gasteiger partial charge in [0.05, 0.1) is 11.2 Å². The topological polar surface area (TPSA) is 57.5 Å². The molecule has 0 bridgehead atoms. The Labute approximate surface area is 102 Å². The molecule has 0 heterocycles. The van der Waals surface area contributed by atoms with Crippen molar-refractivity contribution in [1.29, 1.82) is 0 Å². The molecular weight excluding hydrogens is 216 g/mol. The van der Waals surface area contributed by atoms with Crippen molar-refractivity contribution in [2.45, 2.75) is 44.6 Å². The van der Waals surface area contributed by atoms with Crippen LogP contribution in [0.5, 0.6) is 0 Å². The minimum Gasteiger partial charge on any atom is -0.478 e. The molecule has 0 aliphatic heterocycles. The van der Waals surface area contributed by atoms with Crippen molar-refractivity contribution >= 4 is 5.97 Å². The molecule has 94 valence electrons. The fraction of sp³-hybridized carbons (Fsp3) is 0.500. The summed E-state index contributed by atoms with van der Waals surface area (Å²) in [5.74, 6) is -0.935. The van der Waals surface area contributed by atoms with E-state index in [2.05, 4.69) is 6.58 Å². The lowest BCUT2D eigenvalue weighted by Crippen LogP contribution is -2.29. The average molecular weight is 236 g/mol. The van der Waals surface area contributed by atoms with Gasteiger partial charge in [0.15, 0.2) is 0 Å². The van der Waals surface area contributed by atoms with Gasteiger partial charge in [-0.1, -0.05) is 25.7 Å². The highest BCUT2D eigenvalue weighted by Gasteiger charge is 2.26. The zero-order valence-electron chi connectivity index (χ0n) is 10.3. The average Bonchev–Trinajstić information content (AvgIpc) is 2.30. The van der Waals surface area contributed by atoms with Crippen LogP contribution in [0.4, 0.5) is 0 Å². The second-order valence-electron chi connectivity index (χ2n) is 4.45. The molecule has 0 spiro atoms. The predicted octanol–water partition coefficient (Wildman–Crippen LogP) is 2.82. The van der Waals surface area contributed by atoms with Crippen LogP contribution < -0.4 is 0 Å². The molecule has 1 aliphatic carbocycles. The minimum absolute atomic E-state index is 0.270. The SMILES string of the molecule is C=C1/C=C\C(C(=O)O)=C/CCCC[C@]1(O)CC. The van der Waals surface area contributed by atoms with Crippen molar-refractivity contribution in [3.63, 3.8) is 0 Å². The third kappa shape index (κ3) is 3.56. The third-order valence-electron chi connectivity index (χ3n) is 3.30. The molecule has 3 nitrogen and oxygen atoms in total. The van der Waals surface area contributed by atoms with Gasteiger partial charge in [0.25, 0.3) is 0 Å². The van der Waals surface area contributed by atoms with Crippen molar-refractivity contribution in [1.82, 2.24) is 0 Å². The van der Waals surface area contributed by atoms with Gasteiger partial charge in [0.2, 0.25) is 0 Å². The van der Waals surface area contributed by atoms with Gasteiger partial charge in [-0.2, -0.15) is 0 Å². The summed E-state index contributed by atoms with van der Waals surface area (Å²) in [5, 5.41) is 19.4. The quantitative estimate of drug-likeness (QED) is 0.775. The third-order valence-corrected chi connectivity index (χ3v) is 3.30. The van der Waals surface area contributed by atoms with E-state index in [0.29, 0.717) is 18.4 Å². The normalized spacial score (nSPS) is 31.4. The first-order valence-electron chi connectivity index (χ1n) is 6.03. The summed E-state index contributed by atoms with van der Waals surface area (Å²) in [4.78, 5) is 10.9. The Hall–Kier alpha value is -1.35. The summed E-state index contributed by atoms with van der Waals surface area (Å²) in [5.41, 5.74) is -0.0298. The summed E-state index contributed by atoms with van der Waals surface area (Å²) < 4.78 is 0. The molecule has 0 amide bonds. The van der Waals surface area contributed by atoms with Gasteiger partial charge < -0.3 is 10.2 Å². The van der Waals surface area contributed by atoms with Gasteiger partial charge in [-0.3, -0.25) is 0 Å². The van der Waals surface area contributed by atoms with Crippen molar-refractivity contribution in [3.8, 4) is 0 Å². The number of rotatable bonds is 2. The predicted molar refractivity (Wildman–Crippen MR) is 67.7 cm³/mol. The van der Waals surface area contributed by atoms with E-state index in [0.717, 1.165) is 19.3 Å². The molecule has 17 heavy (non-hydrogen) atoms. The maximum absolute atomic E-state index is 10.9. The summed E-state index contributed by atoms with van der Waals surface area (Å²) >= 11 is 0. The highest BCUT2D eigenvalue weighted by Crippen LogP contribution is 2.28. The van der Waals surface area contributed by atoms with Crippen LogP contribution in [0, 0.1) is 0 Å². The Morgan fingerprint density at radius 2 is 2.18 bits per heavy atom. The Kier molecular flexibility index (Phi) is 4.70. The smallest absolute Gasteiger partial charge is 0.335 e. The van der Waals surface area contributed by atoms with Crippen molar-refractivity contribution in [3.05, 3.63) is 36.0 Å². The van der Waals surface area contributed by atoms with E-state index in [9.17, 15) is 9.90 Å². The number of aliphatic hydroxyl groups is 1. The van der Waals surface area contributed by atoms with Crippen molar-refractivity contribution in [2.24, 2.45) is 0 Å². The molecule has 0 aromatic rings. The molecule has 0 aromatic heterocycles. The largest absolute Gasteiger partial charge is 0.478 e. The van der Waals surface area contributed by atoms with E-state index in [-0.39, 0.29) is 5.57 Å². The number of carbonyl (C=O) groups is 1. The molecule has 1 rings (SSSR count). The Balaban J connectivity index is 2.97. The molecule has 0 saturated carbocycles. The zero-order chi connectivity index (χ0) is 12.9. The minimum atomic E-state index is -0.935. The number of hydrogen-bond acceptors (Lipinski definition) is 2. The van der Waals surface area contributed by atoms with Gasteiger partial charge >= 0.3 is 5.97 Å².